The second kappa shape index (κ2) is 9.42. The molecule has 2 heterocycles. The van der Waals surface area contributed by atoms with Gasteiger partial charge in [0.15, 0.2) is 12.4 Å². The van der Waals surface area contributed by atoms with Crippen LogP contribution in [0.5, 0.6) is 5.75 Å². The minimum Gasteiger partial charge on any atom is -0.484 e. The number of aromatic nitrogens is 3. The van der Waals surface area contributed by atoms with E-state index in [1.54, 1.807) is 18.2 Å². The standard InChI is InChI=1S/C23H24N4O4/c1-30-23(29)17-9-7-8-16(14-17)21-24-22(26-25-21)19-12-5-6-13-27(19)20(28)15-31-18-10-3-2-4-11-18/h2-4,7-11,14,19H,5-6,12-13,15H2,1H3,(H,24,25,26)/t19-/m1/s1. The monoisotopic (exact) mass is 420 g/mol. The van der Waals surface area contributed by atoms with Gasteiger partial charge >= 0.3 is 5.97 Å². The van der Waals surface area contributed by atoms with Crippen LogP contribution in [0.1, 0.15) is 41.5 Å². The molecule has 160 valence electrons. The Morgan fingerprint density at radius 1 is 1.13 bits per heavy atom. The van der Waals surface area contributed by atoms with Crippen molar-refractivity contribution < 1.29 is 19.1 Å². The predicted molar refractivity (Wildman–Crippen MR) is 113 cm³/mol. The highest BCUT2D eigenvalue weighted by atomic mass is 16.5. The van der Waals surface area contributed by atoms with Gasteiger partial charge in [-0.1, -0.05) is 30.3 Å². The molecule has 1 saturated heterocycles. The van der Waals surface area contributed by atoms with Crippen molar-refractivity contribution in [1.82, 2.24) is 20.1 Å². The van der Waals surface area contributed by atoms with E-state index in [0.29, 0.717) is 35.1 Å². The summed E-state index contributed by atoms with van der Waals surface area (Å²) in [5.41, 5.74) is 1.13. The molecule has 0 bridgehead atoms. The zero-order valence-electron chi connectivity index (χ0n) is 17.3. The molecule has 31 heavy (non-hydrogen) atoms. The quantitative estimate of drug-likeness (QED) is 0.614. The van der Waals surface area contributed by atoms with Crippen LogP contribution < -0.4 is 4.74 Å². The third kappa shape index (κ3) is 4.74. The van der Waals surface area contributed by atoms with Gasteiger partial charge in [0.25, 0.3) is 5.91 Å². The van der Waals surface area contributed by atoms with Crippen molar-refractivity contribution in [3.05, 3.63) is 66.0 Å². The summed E-state index contributed by atoms with van der Waals surface area (Å²) in [5, 5.41) is 7.30. The Kier molecular flexibility index (Phi) is 6.26. The SMILES string of the molecule is COC(=O)c1cccc(-c2n[nH]c([C@H]3CCCCN3C(=O)COc3ccccc3)n2)c1. The highest BCUT2D eigenvalue weighted by Crippen LogP contribution is 2.30. The molecule has 0 spiro atoms. The van der Waals surface area contributed by atoms with Gasteiger partial charge in [0.2, 0.25) is 0 Å². The summed E-state index contributed by atoms with van der Waals surface area (Å²) in [4.78, 5) is 31.1. The van der Waals surface area contributed by atoms with Crippen LogP contribution in [-0.4, -0.2) is 52.2 Å². The Morgan fingerprint density at radius 2 is 1.97 bits per heavy atom. The molecule has 2 aromatic carbocycles. The number of para-hydroxylation sites is 1. The van der Waals surface area contributed by atoms with E-state index in [0.717, 1.165) is 19.3 Å². The Labute approximate surface area is 180 Å². The van der Waals surface area contributed by atoms with E-state index in [-0.39, 0.29) is 18.6 Å². The minimum absolute atomic E-state index is 0.0251. The fraction of sp³-hybridized carbons (Fsp3) is 0.304. The van der Waals surface area contributed by atoms with Gasteiger partial charge < -0.3 is 14.4 Å². The number of carbonyl (C=O) groups is 2. The number of rotatable bonds is 6. The number of methoxy groups -OCH3 is 1. The van der Waals surface area contributed by atoms with Crippen molar-refractivity contribution in [2.24, 2.45) is 0 Å². The normalized spacial score (nSPS) is 16.0. The van der Waals surface area contributed by atoms with E-state index in [4.69, 9.17) is 9.47 Å². The van der Waals surface area contributed by atoms with Gasteiger partial charge in [-0.3, -0.25) is 9.89 Å². The number of esters is 1. The first-order valence-corrected chi connectivity index (χ1v) is 10.2. The highest BCUT2D eigenvalue weighted by molar-refractivity contribution is 5.90. The fourth-order valence-electron chi connectivity index (χ4n) is 3.71. The van der Waals surface area contributed by atoms with Gasteiger partial charge in [0, 0.05) is 12.1 Å². The number of H-pyrrole nitrogens is 1. The van der Waals surface area contributed by atoms with Crippen molar-refractivity contribution in [3.63, 3.8) is 0 Å². The van der Waals surface area contributed by atoms with Crippen LogP contribution in [0.25, 0.3) is 11.4 Å². The molecule has 3 aromatic rings. The minimum atomic E-state index is -0.417. The van der Waals surface area contributed by atoms with Gasteiger partial charge in [-0.15, -0.1) is 0 Å². The molecule has 1 amide bonds. The molecular weight excluding hydrogens is 396 g/mol. The average Bonchev–Trinajstić information content (AvgIpc) is 3.33. The Balaban J connectivity index is 1.49. The second-order valence-corrected chi connectivity index (χ2v) is 7.32. The van der Waals surface area contributed by atoms with Crippen LogP contribution in [-0.2, 0) is 9.53 Å². The molecule has 0 aliphatic carbocycles. The highest BCUT2D eigenvalue weighted by Gasteiger charge is 2.30. The number of ether oxygens (including phenoxy) is 2. The summed E-state index contributed by atoms with van der Waals surface area (Å²) in [5.74, 6) is 1.27. The maximum absolute atomic E-state index is 12.9. The molecule has 8 heteroatoms. The summed E-state index contributed by atoms with van der Waals surface area (Å²) in [6.45, 7) is 0.623. The first kappa shape index (κ1) is 20.6. The Bertz CT molecular complexity index is 1050. The molecule has 0 radical (unpaired) electrons. The number of benzene rings is 2. The van der Waals surface area contributed by atoms with Crippen molar-refractivity contribution in [2.75, 3.05) is 20.3 Å². The number of hydrogen-bond donors (Lipinski definition) is 1. The Hall–Kier alpha value is -3.68. The van der Waals surface area contributed by atoms with Crippen LogP contribution in [0, 0.1) is 0 Å². The van der Waals surface area contributed by atoms with E-state index in [1.165, 1.54) is 7.11 Å². The molecule has 1 atom stereocenters. The number of likely N-dealkylation sites (tertiary alicyclic amines) is 1. The number of hydrogen-bond acceptors (Lipinski definition) is 6. The topological polar surface area (TPSA) is 97.4 Å². The summed E-state index contributed by atoms with van der Waals surface area (Å²) in [6, 6.07) is 16.1. The molecular formula is C23H24N4O4. The number of aromatic amines is 1. The molecule has 1 aromatic heterocycles. The molecule has 0 saturated carbocycles. The fourth-order valence-corrected chi connectivity index (χ4v) is 3.71. The average molecular weight is 420 g/mol. The number of nitrogens with zero attached hydrogens (tertiary/aromatic N) is 3. The molecule has 0 unspecified atom stereocenters. The lowest BCUT2D eigenvalue weighted by atomic mass is 10.0. The summed E-state index contributed by atoms with van der Waals surface area (Å²) in [7, 11) is 1.34. The van der Waals surface area contributed by atoms with Crippen molar-refractivity contribution >= 4 is 11.9 Å². The zero-order chi connectivity index (χ0) is 21.6. The molecule has 4 rings (SSSR count). The number of piperidine rings is 1. The van der Waals surface area contributed by atoms with Gasteiger partial charge in [-0.2, -0.15) is 5.10 Å². The van der Waals surface area contributed by atoms with E-state index >= 15 is 0 Å². The van der Waals surface area contributed by atoms with Crippen molar-refractivity contribution in [2.45, 2.75) is 25.3 Å². The maximum Gasteiger partial charge on any atom is 0.337 e. The summed E-state index contributed by atoms with van der Waals surface area (Å²) >= 11 is 0. The lowest BCUT2D eigenvalue weighted by Crippen LogP contribution is -2.41. The number of carbonyl (C=O) groups excluding carboxylic acids is 2. The molecule has 1 aliphatic rings. The van der Waals surface area contributed by atoms with Crippen LogP contribution in [0.15, 0.2) is 54.6 Å². The van der Waals surface area contributed by atoms with Crippen LogP contribution in [0.4, 0.5) is 0 Å². The van der Waals surface area contributed by atoms with Crippen molar-refractivity contribution in [3.8, 4) is 17.1 Å². The van der Waals surface area contributed by atoms with Gasteiger partial charge in [-0.05, 0) is 43.5 Å². The molecule has 1 aliphatic heterocycles. The first-order chi connectivity index (χ1) is 15.2. The van der Waals surface area contributed by atoms with Gasteiger partial charge in [0.1, 0.15) is 11.6 Å². The third-order valence-corrected chi connectivity index (χ3v) is 5.29. The third-order valence-electron chi connectivity index (χ3n) is 5.29. The van der Waals surface area contributed by atoms with Gasteiger partial charge in [-0.25, -0.2) is 9.78 Å². The zero-order valence-corrected chi connectivity index (χ0v) is 17.3. The lowest BCUT2D eigenvalue weighted by Gasteiger charge is -2.34. The second-order valence-electron chi connectivity index (χ2n) is 7.32. The Morgan fingerprint density at radius 3 is 2.77 bits per heavy atom. The number of nitrogens with one attached hydrogen (secondary N) is 1. The maximum atomic E-state index is 12.9. The van der Waals surface area contributed by atoms with E-state index in [1.807, 2.05) is 41.3 Å². The van der Waals surface area contributed by atoms with E-state index < -0.39 is 5.97 Å². The van der Waals surface area contributed by atoms with E-state index in [9.17, 15) is 9.59 Å². The number of amides is 1. The largest absolute Gasteiger partial charge is 0.484 e. The first-order valence-electron chi connectivity index (χ1n) is 10.2. The molecule has 1 N–H and O–H groups in total. The molecule has 1 fully saturated rings. The smallest absolute Gasteiger partial charge is 0.337 e. The van der Waals surface area contributed by atoms with Gasteiger partial charge in [0.05, 0.1) is 18.7 Å². The van der Waals surface area contributed by atoms with Crippen LogP contribution in [0.2, 0.25) is 0 Å². The predicted octanol–water partition coefficient (Wildman–Crippen LogP) is 3.39. The van der Waals surface area contributed by atoms with Crippen molar-refractivity contribution in [1.29, 1.82) is 0 Å². The lowest BCUT2D eigenvalue weighted by molar-refractivity contribution is -0.137. The van der Waals surface area contributed by atoms with E-state index in [2.05, 4.69) is 15.2 Å². The van der Waals surface area contributed by atoms with Crippen LogP contribution in [0.3, 0.4) is 0 Å². The summed E-state index contributed by atoms with van der Waals surface area (Å²) in [6.07, 6.45) is 2.74. The molecule has 8 nitrogen and oxygen atoms in total. The summed E-state index contributed by atoms with van der Waals surface area (Å²) < 4.78 is 10.4. The van der Waals surface area contributed by atoms with Crippen LogP contribution >= 0.6 is 0 Å².